The van der Waals surface area contributed by atoms with Gasteiger partial charge in [-0.3, -0.25) is 0 Å². The predicted octanol–water partition coefficient (Wildman–Crippen LogP) is 4.58. The lowest BCUT2D eigenvalue weighted by molar-refractivity contribution is 0.0184. The van der Waals surface area contributed by atoms with Crippen LogP contribution < -0.4 is 4.74 Å². The van der Waals surface area contributed by atoms with Crippen LogP contribution in [0.3, 0.4) is 0 Å². The monoisotopic (exact) mass is 543 g/mol. The summed E-state index contributed by atoms with van der Waals surface area (Å²) in [7, 11) is 0. The molecule has 1 unspecified atom stereocenters. The lowest BCUT2D eigenvalue weighted by Gasteiger charge is -2.33. The number of nitriles is 1. The van der Waals surface area contributed by atoms with E-state index in [0.29, 0.717) is 41.3 Å². The summed E-state index contributed by atoms with van der Waals surface area (Å²) < 4.78 is 15.4. The van der Waals surface area contributed by atoms with Crippen molar-refractivity contribution >= 4 is 11.6 Å². The van der Waals surface area contributed by atoms with Crippen LogP contribution in [0.5, 0.6) is 5.75 Å². The third kappa shape index (κ3) is 5.45. The fourth-order valence-electron chi connectivity index (χ4n) is 4.89. The number of aromatic nitrogens is 7. The third-order valence-corrected chi connectivity index (χ3v) is 6.89. The van der Waals surface area contributed by atoms with Gasteiger partial charge in [-0.25, -0.2) is 14.0 Å². The molecule has 0 spiro atoms. The molecule has 1 amide bonds. The second-order valence-electron chi connectivity index (χ2n) is 11.1. The van der Waals surface area contributed by atoms with Gasteiger partial charge in [0.15, 0.2) is 0 Å². The summed E-state index contributed by atoms with van der Waals surface area (Å²) in [6, 6.07) is 6.09. The number of piperidine rings is 1. The van der Waals surface area contributed by atoms with Gasteiger partial charge in [-0.05, 0) is 72.1 Å². The van der Waals surface area contributed by atoms with Crippen molar-refractivity contribution in [2.24, 2.45) is 0 Å². The highest BCUT2D eigenvalue weighted by atomic mass is 16.6. The highest BCUT2D eigenvalue weighted by Crippen LogP contribution is 2.34. The fraction of sp³-hybridized carbons (Fsp3) is 0.464. The van der Waals surface area contributed by atoms with E-state index in [1.54, 1.807) is 15.6 Å². The van der Waals surface area contributed by atoms with Crippen molar-refractivity contribution in [3.8, 4) is 23.1 Å². The van der Waals surface area contributed by atoms with Gasteiger partial charge in [0.25, 0.3) is 0 Å². The van der Waals surface area contributed by atoms with E-state index in [0.717, 1.165) is 29.7 Å². The number of pyridine rings is 1. The van der Waals surface area contributed by atoms with Gasteiger partial charge in [-0.1, -0.05) is 5.21 Å². The van der Waals surface area contributed by atoms with Crippen LogP contribution in [-0.4, -0.2) is 64.5 Å². The molecule has 0 aromatic carbocycles. The number of ether oxygens (including phenoxy) is 2. The SMILES string of the molecule is Cc1cnnc(C(C)Oc2cc(-c3nnn(C4CCN(C(=O)OC(C)(C)C)CC4)c3C)cn3ncc(C#N)c23)c1. The standard InChI is InChI=1S/C28H33N9O3/c1-17-11-23(32-30-14-17)19(3)39-24-12-20(16-36-26(24)21(13-29)15-31-36)25-18(2)37(34-33-25)22-7-9-35(10-8-22)27(38)40-28(4,5)6/h11-12,14-16,19,22H,7-10H2,1-6H3. The maximum absolute atomic E-state index is 12.5. The normalized spacial score (nSPS) is 15.2. The minimum Gasteiger partial charge on any atom is -0.482 e. The first-order valence-electron chi connectivity index (χ1n) is 13.3. The lowest BCUT2D eigenvalue weighted by atomic mass is 10.0. The van der Waals surface area contributed by atoms with Crippen molar-refractivity contribution in [3.63, 3.8) is 0 Å². The third-order valence-electron chi connectivity index (χ3n) is 6.89. The van der Waals surface area contributed by atoms with Gasteiger partial charge in [0.1, 0.15) is 46.0 Å². The van der Waals surface area contributed by atoms with Crippen LogP contribution in [0.15, 0.2) is 30.7 Å². The summed E-state index contributed by atoms with van der Waals surface area (Å²) in [6.45, 7) is 12.6. The average Bonchev–Trinajstić information content (AvgIpc) is 3.51. The molecule has 1 saturated heterocycles. The number of carbonyl (C=O) groups is 1. The van der Waals surface area contributed by atoms with E-state index in [-0.39, 0.29) is 12.1 Å². The van der Waals surface area contributed by atoms with Gasteiger partial charge in [0.05, 0.1) is 24.1 Å². The Morgan fingerprint density at radius 2 is 1.90 bits per heavy atom. The zero-order chi connectivity index (χ0) is 28.6. The number of likely N-dealkylation sites (tertiary alicyclic amines) is 1. The second kappa shape index (κ2) is 10.6. The molecule has 208 valence electrons. The van der Waals surface area contributed by atoms with Crippen LogP contribution >= 0.6 is 0 Å². The molecule has 0 bridgehead atoms. The zero-order valence-corrected chi connectivity index (χ0v) is 23.6. The zero-order valence-electron chi connectivity index (χ0n) is 23.6. The van der Waals surface area contributed by atoms with Crippen molar-refractivity contribution in [1.29, 1.82) is 5.26 Å². The number of hydrogen-bond donors (Lipinski definition) is 0. The summed E-state index contributed by atoms with van der Waals surface area (Å²) in [5.41, 5.74) is 4.45. The van der Waals surface area contributed by atoms with Crippen molar-refractivity contribution in [1.82, 2.24) is 39.7 Å². The van der Waals surface area contributed by atoms with E-state index >= 15 is 0 Å². The van der Waals surface area contributed by atoms with Crippen molar-refractivity contribution in [2.75, 3.05) is 13.1 Å². The number of aryl methyl sites for hydroxylation is 1. The Morgan fingerprint density at radius 1 is 1.15 bits per heavy atom. The molecule has 40 heavy (non-hydrogen) atoms. The number of fused-ring (bicyclic) bond motifs is 1. The molecule has 1 aliphatic rings. The highest BCUT2D eigenvalue weighted by Gasteiger charge is 2.29. The molecule has 4 aromatic rings. The summed E-state index contributed by atoms with van der Waals surface area (Å²) in [5.74, 6) is 0.488. The van der Waals surface area contributed by atoms with Crippen molar-refractivity contribution < 1.29 is 14.3 Å². The van der Waals surface area contributed by atoms with Gasteiger partial charge in [-0.15, -0.1) is 5.10 Å². The van der Waals surface area contributed by atoms with Crippen LogP contribution in [0.2, 0.25) is 0 Å². The van der Waals surface area contributed by atoms with E-state index in [1.807, 2.05) is 64.6 Å². The lowest BCUT2D eigenvalue weighted by Crippen LogP contribution is -2.42. The Hall–Kier alpha value is -4.53. The number of nitrogens with zero attached hydrogens (tertiary/aromatic N) is 9. The minimum absolute atomic E-state index is 0.106. The maximum atomic E-state index is 12.5. The van der Waals surface area contributed by atoms with Gasteiger partial charge >= 0.3 is 6.09 Å². The average molecular weight is 544 g/mol. The Bertz CT molecular complexity index is 1590. The first kappa shape index (κ1) is 27.1. The van der Waals surface area contributed by atoms with Crippen molar-refractivity contribution in [3.05, 3.63) is 53.2 Å². The molecule has 5 rings (SSSR count). The second-order valence-corrected chi connectivity index (χ2v) is 11.1. The van der Waals surface area contributed by atoms with E-state index in [4.69, 9.17) is 9.47 Å². The fourth-order valence-corrected chi connectivity index (χ4v) is 4.89. The Labute approximate surface area is 232 Å². The molecule has 0 N–H and O–H groups in total. The molecule has 1 atom stereocenters. The summed E-state index contributed by atoms with van der Waals surface area (Å²) in [6.07, 6.45) is 5.82. The van der Waals surface area contributed by atoms with Crippen LogP contribution in [0.4, 0.5) is 4.79 Å². The number of rotatable bonds is 5. The van der Waals surface area contributed by atoms with Gasteiger partial charge in [-0.2, -0.15) is 20.6 Å². The molecule has 12 heteroatoms. The maximum Gasteiger partial charge on any atom is 0.410 e. The largest absolute Gasteiger partial charge is 0.482 e. The van der Waals surface area contributed by atoms with E-state index in [2.05, 4.69) is 31.7 Å². The van der Waals surface area contributed by atoms with Crippen LogP contribution in [0, 0.1) is 25.2 Å². The molecule has 12 nitrogen and oxygen atoms in total. The van der Waals surface area contributed by atoms with E-state index in [9.17, 15) is 10.1 Å². The number of carbonyl (C=O) groups excluding carboxylic acids is 1. The van der Waals surface area contributed by atoms with Gasteiger partial charge in [0, 0.05) is 24.8 Å². The summed E-state index contributed by atoms with van der Waals surface area (Å²) >= 11 is 0. The van der Waals surface area contributed by atoms with Crippen LogP contribution in [0.1, 0.15) is 75.2 Å². The number of hydrogen-bond acceptors (Lipinski definition) is 9. The highest BCUT2D eigenvalue weighted by molar-refractivity contribution is 5.75. The molecule has 1 fully saturated rings. The van der Waals surface area contributed by atoms with Gasteiger partial charge in [0.2, 0.25) is 0 Å². The summed E-state index contributed by atoms with van der Waals surface area (Å²) in [5, 5.41) is 31.3. The Kier molecular flexibility index (Phi) is 7.14. The first-order chi connectivity index (χ1) is 19.0. The minimum atomic E-state index is -0.525. The molecule has 1 aliphatic heterocycles. The Balaban J connectivity index is 1.41. The molecule has 0 saturated carbocycles. The Morgan fingerprint density at radius 3 is 2.58 bits per heavy atom. The molecule has 5 heterocycles. The predicted molar refractivity (Wildman–Crippen MR) is 146 cm³/mol. The van der Waals surface area contributed by atoms with E-state index < -0.39 is 11.7 Å². The topological polar surface area (TPSA) is 136 Å². The quantitative estimate of drug-likeness (QED) is 0.354. The molecule has 0 radical (unpaired) electrons. The first-order valence-corrected chi connectivity index (χ1v) is 13.3. The van der Waals surface area contributed by atoms with E-state index in [1.165, 1.54) is 6.20 Å². The molecular weight excluding hydrogens is 510 g/mol. The molecule has 0 aliphatic carbocycles. The molecule has 4 aromatic heterocycles. The van der Waals surface area contributed by atoms with Gasteiger partial charge < -0.3 is 14.4 Å². The smallest absolute Gasteiger partial charge is 0.410 e. The molecular formula is C28H33N9O3. The van der Waals surface area contributed by atoms with Crippen LogP contribution in [-0.2, 0) is 4.74 Å². The van der Waals surface area contributed by atoms with Crippen molar-refractivity contribution in [2.45, 2.75) is 72.1 Å². The van der Waals surface area contributed by atoms with Crippen LogP contribution in [0.25, 0.3) is 16.8 Å². The summed E-state index contributed by atoms with van der Waals surface area (Å²) in [4.78, 5) is 14.2. The number of amides is 1.